The standard InChI is InChI=1S/C48H34N6O6.2C2H4O2.2Hg/c1-59-41-27-29(21-23-39(41)49-47(57)37-25-31-13-9-11-19-35(31)43(45(37)55)53-51-33-15-5-3-6-16-33)30-22-24-40(42(28-30)60-2)50-48(58)38-26-32-14-10-12-20-36(32)44(46(38)56)54-52-34-17-7-4-8-18-34;2*1-2(3)4;;/h5-28,55-56H,1-2H3,(H,49,57)(H,50,58);2*1H3,(H,3,4);;/q;;;2*+1/p-2. The number of nitrogens with zero attached hydrogens (tertiary/aromatic N) is 4. The van der Waals surface area contributed by atoms with Gasteiger partial charge in [-0.05, 0) is 35.4 Å². The molecule has 8 aromatic carbocycles. The van der Waals surface area contributed by atoms with E-state index in [-0.39, 0.29) is 45.9 Å². The molecule has 8 rings (SSSR count). The summed E-state index contributed by atoms with van der Waals surface area (Å²) in [7, 11) is 2.94. The summed E-state index contributed by atoms with van der Waals surface area (Å²) in [6.07, 6.45) is 0. The van der Waals surface area contributed by atoms with Gasteiger partial charge in [0.05, 0.1) is 14.2 Å². The second-order valence-electron chi connectivity index (χ2n) is 15.7. The van der Waals surface area contributed by atoms with Gasteiger partial charge < -0.3 is 9.47 Å². The van der Waals surface area contributed by atoms with Gasteiger partial charge in [-0.3, -0.25) is 0 Å². The normalized spacial score (nSPS) is 11.0. The molecule has 0 atom stereocenters. The third-order valence-electron chi connectivity index (χ3n) is 11.0. The Morgan fingerprint density at radius 3 is 1.24 bits per heavy atom. The zero-order valence-corrected chi connectivity index (χ0v) is 49.2. The van der Waals surface area contributed by atoms with Crippen LogP contribution >= 0.6 is 0 Å². The van der Waals surface area contributed by atoms with Gasteiger partial charge >= 0.3 is 347 Å². The summed E-state index contributed by atoms with van der Waals surface area (Å²) in [5.74, 6) is -1.89. The summed E-state index contributed by atoms with van der Waals surface area (Å²) in [5, 5.41) is 48.6. The fraction of sp³-hybridized carbons (Fsp3) is 0.0769. The number of phenols is 2. The number of aromatic hydroxyl groups is 2. The van der Waals surface area contributed by atoms with Gasteiger partial charge in [0, 0.05) is 0 Å². The van der Waals surface area contributed by atoms with Crippen molar-refractivity contribution in [1.82, 2.24) is 0 Å². The fourth-order valence-corrected chi connectivity index (χ4v) is 13.6. The SMILES string of the molecule is COc1cc(-c2ccc(NC(=O)c3cc4ccccc4c(N=Nc4cc[c]([Hg][O]C(C)=O)cc4)c3O)c(OC)c2)ccc1NC(=O)c1cc2ccccc2c(N=Nc2cc[c]([Hg][O]C(C)=O)cc2)c1O. The molecule has 0 saturated heterocycles. The summed E-state index contributed by atoms with van der Waals surface area (Å²) < 4.78 is 23.9. The van der Waals surface area contributed by atoms with E-state index in [1.165, 1.54) is 28.1 Å². The molecule has 0 spiro atoms. The first-order valence-electron chi connectivity index (χ1n) is 21.7. The summed E-state index contributed by atoms with van der Waals surface area (Å²) in [6.45, 7) is 2.78. The van der Waals surface area contributed by atoms with E-state index >= 15 is 0 Å². The number of azo groups is 2. The van der Waals surface area contributed by atoms with Crippen LogP contribution in [0.1, 0.15) is 34.6 Å². The van der Waals surface area contributed by atoms with E-state index in [0.717, 1.165) is 6.14 Å². The van der Waals surface area contributed by atoms with Crippen molar-refractivity contribution in [3.8, 4) is 34.1 Å². The molecule has 18 heteroatoms. The van der Waals surface area contributed by atoms with Crippen LogP contribution in [0, 0.1) is 0 Å². The number of nitrogens with one attached hydrogen (secondary N) is 2. The van der Waals surface area contributed by atoms with Crippen LogP contribution in [0.4, 0.5) is 34.1 Å². The van der Waals surface area contributed by atoms with Crippen molar-refractivity contribution in [3.63, 3.8) is 0 Å². The van der Waals surface area contributed by atoms with Crippen LogP contribution in [0.25, 0.3) is 32.7 Å². The van der Waals surface area contributed by atoms with Gasteiger partial charge in [-0.15, -0.1) is 0 Å². The van der Waals surface area contributed by atoms with Crippen LogP contribution in [-0.2, 0) is 64.9 Å². The Morgan fingerprint density at radius 2 is 0.871 bits per heavy atom. The zero-order valence-electron chi connectivity index (χ0n) is 38.2. The Hall–Kier alpha value is -7.57. The van der Waals surface area contributed by atoms with E-state index in [4.69, 9.17) is 14.8 Å². The molecule has 0 aromatic heterocycles. The quantitative estimate of drug-likeness (QED) is 0.0562. The molecular weight excluding hydrogens is 1270 g/mol. The molecule has 2 amide bonds. The summed E-state index contributed by atoms with van der Waals surface area (Å²) in [6, 6.07) is 42.3. The molecule has 0 fully saturated rings. The van der Waals surface area contributed by atoms with Gasteiger partial charge in [-0.1, -0.05) is 12.1 Å². The number of fused-ring (bicyclic) bond motifs is 2. The number of ether oxygens (including phenoxy) is 2. The van der Waals surface area contributed by atoms with Gasteiger partial charge in [-0.25, -0.2) is 0 Å². The third kappa shape index (κ3) is 11.5. The molecule has 0 bridgehead atoms. The first-order chi connectivity index (χ1) is 33.9. The minimum absolute atomic E-state index is 0.0345. The molecule has 0 unspecified atom stereocenters. The molecule has 8 aromatic rings. The molecule has 16 nitrogen and oxygen atoms in total. The second kappa shape index (κ2) is 22.2. The Morgan fingerprint density at radius 1 is 0.486 bits per heavy atom. The number of hydrogen-bond donors (Lipinski definition) is 4. The van der Waals surface area contributed by atoms with Crippen LogP contribution in [-0.4, -0.2) is 48.2 Å². The number of anilines is 2. The topological polar surface area (TPSA) is 219 Å². The summed E-state index contributed by atoms with van der Waals surface area (Å²) in [4.78, 5) is 50.3. The van der Waals surface area contributed by atoms with E-state index in [1.54, 1.807) is 109 Å². The minimum atomic E-state index is -2.02. The Kier molecular flexibility index (Phi) is 15.5. The van der Waals surface area contributed by atoms with E-state index in [0.29, 0.717) is 66.9 Å². The average molecular weight is 1310 g/mol. The number of phenolic OH excluding ortho intramolecular Hbond substituents is 2. The van der Waals surface area contributed by atoms with Crippen molar-refractivity contribution in [2.24, 2.45) is 20.5 Å². The maximum absolute atomic E-state index is 13.9. The molecule has 0 heterocycles. The predicted octanol–water partition coefficient (Wildman–Crippen LogP) is 10.8. The molecule has 342 valence electrons. The average Bonchev–Trinajstić information content (AvgIpc) is 3.37. The number of carbonyl (C=O) groups is 4. The van der Waals surface area contributed by atoms with Crippen LogP contribution < -0.4 is 26.3 Å². The molecule has 0 saturated carbocycles. The zero-order chi connectivity index (χ0) is 49.3. The van der Waals surface area contributed by atoms with Crippen molar-refractivity contribution >= 4 is 85.6 Å². The van der Waals surface area contributed by atoms with E-state index < -0.39 is 61.9 Å². The van der Waals surface area contributed by atoms with Crippen LogP contribution in [0.2, 0.25) is 0 Å². The Balaban J connectivity index is 1.00. The molecule has 0 aliphatic rings. The molecule has 0 aliphatic heterocycles. The van der Waals surface area contributed by atoms with Crippen molar-refractivity contribution in [2.45, 2.75) is 13.8 Å². The Labute approximate surface area is 426 Å². The number of hydrogen-bond acceptors (Lipinski definition) is 14. The predicted molar refractivity (Wildman–Crippen MR) is 256 cm³/mol. The summed E-state index contributed by atoms with van der Waals surface area (Å²) in [5.41, 5.74) is 3.22. The van der Waals surface area contributed by atoms with Crippen molar-refractivity contribution in [2.75, 3.05) is 24.9 Å². The fourth-order valence-electron chi connectivity index (χ4n) is 7.41. The first-order valence-corrected chi connectivity index (χ1v) is 31.6. The van der Waals surface area contributed by atoms with Gasteiger partial charge in [-0.2, -0.15) is 0 Å². The van der Waals surface area contributed by atoms with Crippen LogP contribution in [0.3, 0.4) is 0 Å². The first kappa shape index (κ1) is 48.9. The van der Waals surface area contributed by atoms with Gasteiger partial charge in [0.1, 0.15) is 11.5 Å². The maximum atomic E-state index is 13.9. The monoisotopic (exact) mass is 1310 g/mol. The van der Waals surface area contributed by atoms with Gasteiger partial charge in [0.2, 0.25) is 0 Å². The van der Waals surface area contributed by atoms with Crippen molar-refractivity contribution in [3.05, 3.63) is 157 Å². The van der Waals surface area contributed by atoms with Gasteiger partial charge in [0.15, 0.2) is 0 Å². The molecular formula is C52H40Hg2N6O10. The van der Waals surface area contributed by atoms with E-state index in [2.05, 4.69) is 31.1 Å². The number of benzene rings is 8. The van der Waals surface area contributed by atoms with Crippen LogP contribution in [0.5, 0.6) is 23.0 Å². The van der Waals surface area contributed by atoms with Crippen molar-refractivity contribution < 1.29 is 94.2 Å². The number of carbonyl (C=O) groups excluding carboxylic acids is 4. The third-order valence-corrected chi connectivity index (χ3v) is 21.5. The van der Waals surface area contributed by atoms with Crippen LogP contribution in [0.15, 0.2) is 166 Å². The molecule has 4 N–H and O–H groups in total. The number of rotatable bonds is 15. The van der Waals surface area contributed by atoms with E-state index in [1.807, 2.05) is 36.4 Å². The summed E-state index contributed by atoms with van der Waals surface area (Å²) >= 11 is -4.03. The van der Waals surface area contributed by atoms with E-state index in [9.17, 15) is 29.4 Å². The van der Waals surface area contributed by atoms with Crippen molar-refractivity contribution in [1.29, 1.82) is 0 Å². The number of methoxy groups -OCH3 is 2. The molecule has 0 radical (unpaired) electrons. The second-order valence-corrected chi connectivity index (χ2v) is 26.6. The van der Waals surface area contributed by atoms with Gasteiger partial charge in [0.25, 0.3) is 0 Å². The Bertz CT molecular complexity index is 3160. The molecule has 70 heavy (non-hydrogen) atoms. The number of amides is 2. The molecule has 0 aliphatic carbocycles.